The molecule has 2 aliphatic heterocycles. The molecule has 2 aliphatic rings. The van der Waals surface area contributed by atoms with Crippen LogP contribution >= 0.6 is 0 Å². The van der Waals surface area contributed by atoms with Gasteiger partial charge in [0, 0.05) is 13.1 Å². The molecule has 0 atom stereocenters. The van der Waals surface area contributed by atoms with Gasteiger partial charge in [-0.15, -0.1) is 0 Å². The van der Waals surface area contributed by atoms with Gasteiger partial charge in [-0.1, -0.05) is 6.08 Å². The van der Waals surface area contributed by atoms with E-state index >= 15 is 0 Å². The Morgan fingerprint density at radius 2 is 1.89 bits per heavy atom. The molecule has 2 rings (SSSR count). The molecule has 0 unspecified atom stereocenters. The smallest absolute Gasteiger partial charge is 0.453 e. The topological polar surface area (TPSA) is 48.0 Å². The van der Waals surface area contributed by atoms with Gasteiger partial charge in [0.2, 0.25) is 0 Å². The highest BCUT2D eigenvalue weighted by Gasteiger charge is 2.52. The van der Waals surface area contributed by atoms with E-state index in [1.807, 2.05) is 33.8 Å². The largest absolute Gasteiger partial charge is 0.490 e. The lowest BCUT2D eigenvalue weighted by atomic mass is 9.75. The zero-order valence-corrected chi connectivity index (χ0v) is 12.4. The fourth-order valence-corrected chi connectivity index (χ4v) is 2.19. The number of nitrogens with zero attached hydrogens (tertiary/aromatic N) is 1. The van der Waals surface area contributed by atoms with Crippen molar-refractivity contribution in [3.05, 3.63) is 11.5 Å². The molecule has 1 fully saturated rings. The second kappa shape index (κ2) is 4.83. The predicted octanol–water partition coefficient (Wildman–Crippen LogP) is 2.02. The molecule has 2 heterocycles. The SMILES string of the molecule is COC(=O)N1CC=C(B2OC(C)(C)C(C)(C)O2)CC1. The van der Waals surface area contributed by atoms with Crippen molar-refractivity contribution >= 4 is 13.2 Å². The third-order valence-corrected chi connectivity index (χ3v) is 4.23. The van der Waals surface area contributed by atoms with E-state index in [1.54, 1.807) is 4.90 Å². The lowest BCUT2D eigenvalue weighted by molar-refractivity contribution is 0.00578. The fourth-order valence-electron chi connectivity index (χ4n) is 2.19. The molecule has 0 N–H and O–H groups in total. The van der Waals surface area contributed by atoms with Crippen molar-refractivity contribution in [2.75, 3.05) is 20.2 Å². The van der Waals surface area contributed by atoms with Gasteiger partial charge in [-0.3, -0.25) is 0 Å². The van der Waals surface area contributed by atoms with Crippen molar-refractivity contribution in [3.63, 3.8) is 0 Å². The molecule has 0 bridgehead atoms. The highest BCUT2D eigenvalue weighted by atomic mass is 16.7. The van der Waals surface area contributed by atoms with Crippen LogP contribution in [-0.4, -0.2) is 49.5 Å². The molecular formula is C13H22BNO4. The minimum absolute atomic E-state index is 0.288. The molecule has 1 saturated heterocycles. The van der Waals surface area contributed by atoms with Gasteiger partial charge in [-0.25, -0.2) is 4.79 Å². The Balaban J connectivity index is 2.03. The van der Waals surface area contributed by atoms with Crippen LogP contribution in [0.25, 0.3) is 0 Å². The zero-order valence-electron chi connectivity index (χ0n) is 12.4. The monoisotopic (exact) mass is 267 g/mol. The molecular weight excluding hydrogens is 245 g/mol. The van der Waals surface area contributed by atoms with Crippen molar-refractivity contribution in [1.82, 2.24) is 4.90 Å². The number of hydrogen-bond acceptors (Lipinski definition) is 4. The quantitative estimate of drug-likeness (QED) is 0.682. The minimum atomic E-state index is -0.321. The van der Waals surface area contributed by atoms with Gasteiger partial charge < -0.3 is 18.9 Å². The molecule has 0 aromatic heterocycles. The van der Waals surface area contributed by atoms with Crippen LogP contribution in [0, 0.1) is 0 Å². The van der Waals surface area contributed by atoms with Crippen LogP contribution in [0.3, 0.4) is 0 Å². The maximum absolute atomic E-state index is 11.4. The molecule has 106 valence electrons. The Morgan fingerprint density at radius 1 is 1.32 bits per heavy atom. The lowest BCUT2D eigenvalue weighted by Gasteiger charge is -2.32. The highest BCUT2D eigenvalue weighted by Crippen LogP contribution is 2.39. The summed E-state index contributed by atoms with van der Waals surface area (Å²) >= 11 is 0. The van der Waals surface area contributed by atoms with Gasteiger partial charge in [-0.2, -0.15) is 0 Å². The van der Waals surface area contributed by atoms with E-state index in [2.05, 4.69) is 0 Å². The van der Waals surface area contributed by atoms with Crippen LogP contribution in [0.1, 0.15) is 34.1 Å². The summed E-state index contributed by atoms with van der Waals surface area (Å²) in [5, 5.41) is 0. The first-order chi connectivity index (χ1) is 8.77. The van der Waals surface area contributed by atoms with E-state index in [1.165, 1.54) is 7.11 Å². The molecule has 19 heavy (non-hydrogen) atoms. The molecule has 0 aromatic carbocycles. The summed E-state index contributed by atoms with van der Waals surface area (Å²) in [5.41, 5.74) is 0.467. The van der Waals surface area contributed by atoms with E-state index in [0.29, 0.717) is 13.1 Å². The van der Waals surface area contributed by atoms with Crippen molar-refractivity contribution in [3.8, 4) is 0 Å². The van der Waals surface area contributed by atoms with E-state index in [4.69, 9.17) is 14.0 Å². The van der Waals surface area contributed by atoms with Gasteiger partial charge in [0.05, 0.1) is 18.3 Å². The number of hydrogen-bond donors (Lipinski definition) is 0. The molecule has 0 radical (unpaired) electrons. The van der Waals surface area contributed by atoms with E-state index in [0.717, 1.165) is 11.9 Å². The van der Waals surface area contributed by atoms with Crippen LogP contribution in [-0.2, 0) is 14.0 Å². The number of carbonyl (C=O) groups is 1. The van der Waals surface area contributed by atoms with Gasteiger partial charge in [0.1, 0.15) is 0 Å². The van der Waals surface area contributed by atoms with E-state index < -0.39 is 0 Å². The van der Waals surface area contributed by atoms with E-state index in [9.17, 15) is 4.79 Å². The van der Waals surface area contributed by atoms with Crippen LogP contribution in [0.4, 0.5) is 4.79 Å². The maximum atomic E-state index is 11.4. The third kappa shape index (κ3) is 2.65. The van der Waals surface area contributed by atoms with Crippen molar-refractivity contribution in [2.24, 2.45) is 0 Å². The number of methoxy groups -OCH3 is 1. The first-order valence-electron chi connectivity index (χ1n) is 6.64. The summed E-state index contributed by atoms with van der Waals surface area (Å²) in [7, 11) is 1.10. The standard InChI is InChI=1S/C13H22BNO4/c1-12(2)13(3,4)19-14(18-12)10-6-8-15(9-7-10)11(16)17-5/h6H,7-9H2,1-5H3. The average Bonchev–Trinajstić information content (AvgIpc) is 2.58. The second-order valence-electron chi connectivity index (χ2n) is 6.03. The van der Waals surface area contributed by atoms with Gasteiger partial charge in [0.15, 0.2) is 0 Å². The molecule has 5 nitrogen and oxygen atoms in total. The van der Waals surface area contributed by atoms with Crippen LogP contribution in [0.15, 0.2) is 11.5 Å². The van der Waals surface area contributed by atoms with Crippen molar-refractivity contribution in [1.29, 1.82) is 0 Å². The maximum Gasteiger partial charge on any atom is 0.490 e. The first-order valence-corrected chi connectivity index (χ1v) is 6.64. The highest BCUT2D eigenvalue weighted by molar-refractivity contribution is 6.54. The summed E-state index contributed by atoms with van der Waals surface area (Å²) in [6, 6.07) is 0. The molecule has 6 heteroatoms. The summed E-state index contributed by atoms with van der Waals surface area (Å²) in [6.45, 7) is 9.34. The summed E-state index contributed by atoms with van der Waals surface area (Å²) < 4.78 is 16.7. The summed E-state index contributed by atoms with van der Waals surface area (Å²) in [5.74, 6) is 0. The van der Waals surface area contributed by atoms with Crippen LogP contribution in [0.5, 0.6) is 0 Å². The van der Waals surface area contributed by atoms with Crippen LogP contribution in [0.2, 0.25) is 0 Å². The van der Waals surface area contributed by atoms with E-state index in [-0.39, 0.29) is 24.4 Å². The number of amides is 1. The molecule has 0 saturated carbocycles. The Kier molecular flexibility index (Phi) is 3.66. The first kappa shape index (κ1) is 14.4. The van der Waals surface area contributed by atoms with Gasteiger partial charge in [-0.05, 0) is 39.6 Å². The van der Waals surface area contributed by atoms with Crippen molar-refractivity contribution in [2.45, 2.75) is 45.3 Å². The molecule has 1 amide bonds. The second-order valence-corrected chi connectivity index (χ2v) is 6.03. The predicted molar refractivity (Wildman–Crippen MR) is 72.8 cm³/mol. The Bertz CT molecular complexity index is 389. The molecule has 0 aliphatic carbocycles. The van der Waals surface area contributed by atoms with Gasteiger partial charge >= 0.3 is 13.2 Å². The Hall–Kier alpha value is -1.01. The average molecular weight is 267 g/mol. The van der Waals surface area contributed by atoms with Crippen molar-refractivity contribution < 1.29 is 18.8 Å². The number of rotatable bonds is 1. The fraction of sp³-hybridized carbons (Fsp3) is 0.769. The molecule has 0 aromatic rings. The summed E-state index contributed by atoms with van der Waals surface area (Å²) in [6.07, 6.45) is 2.47. The number of ether oxygens (including phenoxy) is 1. The minimum Gasteiger partial charge on any atom is -0.453 e. The molecule has 0 spiro atoms. The summed E-state index contributed by atoms with van der Waals surface area (Å²) in [4.78, 5) is 13.1. The third-order valence-electron chi connectivity index (χ3n) is 4.23. The zero-order chi connectivity index (χ0) is 14.3. The lowest BCUT2D eigenvalue weighted by Crippen LogP contribution is -2.41. The van der Waals surface area contributed by atoms with Gasteiger partial charge in [0.25, 0.3) is 0 Å². The Labute approximate surface area is 115 Å². The normalized spacial score (nSPS) is 25.2. The number of carbonyl (C=O) groups excluding carboxylic acids is 1. The van der Waals surface area contributed by atoms with Crippen LogP contribution < -0.4 is 0 Å². The Morgan fingerprint density at radius 3 is 2.32 bits per heavy atom.